The molecular formula is C22H29N3O5S. The van der Waals surface area contributed by atoms with Gasteiger partial charge in [0.25, 0.3) is 0 Å². The van der Waals surface area contributed by atoms with Crippen LogP contribution in [0.3, 0.4) is 0 Å². The van der Waals surface area contributed by atoms with E-state index >= 15 is 0 Å². The molecular weight excluding hydrogens is 418 g/mol. The van der Waals surface area contributed by atoms with E-state index in [2.05, 4.69) is 10.0 Å². The van der Waals surface area contributed by atoms with Gasteiger partial charge < -0.3 is 14.6 Å². The van der Waals surface area contributed by atoms with Crippen LogP contribution in [0.4, 0.5) is 5.69 Å². The third kappa shape index (κ3) is 5.54. The molecule has 1 unspecified atom stereocenters. The Morgan fingerprint density at radius 1 is 1.23 bits per heavy atom. The second-order valence-electron chi connectivity index (χ2n) is 8.04. The first-order valence-corrected chi connectivity index (χ1v) is 11.9. The molecule has 2 N–H and O–H groups in total. The zero-order valence-corrected chi connectivity index (χ0v) is 18.9. The molecule has 1 aromatic heterocycles. The van der Waals surface area contributed by atoms with E-state index in [1.165, 1.54) is 12.3 Å². The van der Waals surface area contributed by atoms with Crippen LogP contribution in [0.15, 0.2) is 45.9 Å². The number of hydrogen-bond acceptors (Lipinski definition) is 5. The highest BCUT2D eigenvalue weighted by Crippen LogP contribution is 2.30. The number of amides is 2. The van der Waals surface area contributed by atoms with Crippen molar-refractivity contribution in [2.75, 3.05) is 11.4 Å². The first-order chi connectivity index (χ1) is 14.7. The number of fused-ring (bicyclic) bond motifs is 1. The molecule has 1 aliphatic rings. The van der Waals surface area contributed by atoms with Crippen LogP contribution in [0, 0.1) is 5.92 Å². The molecule has 1 aromatic carbocycles. The summed E-state index contributed by atoms with van der Waals surface area (Å²) >= 11 is 0. The van der Waals surface area contributed by atoms with E-state index in [4.69, 9.17) is 4.42 Å². The molecule has 1 aliphatic heterocycles. The lowest BCUT2D eigenvalue weighted by atomic mass is 10.0. The first kappa shape index (κ1) is 23.0. The Hall–Kier alpha value is -2.65. The number of furan rings is 1. The molecule has 2 amide bonds. The lowest BCUT2D eigenvalue weighted by Gasteiger charge is -2.20. The van der Waals surface area contributed by atoms with E-state index in [9.17, 15) is 18.0 Å². The van der Waals surface area contributed by atoms with Crippen molar-refractivity contribution in [3.05, 3.63) is 47.9 Å². The van der Waals surface area contributed by atoms with Crippen molar-refractivity contribution in [2.24, 2.45) is 5.92 Å². The third-order valence-electron chi connectivity index (χ3n) is 5.20. The predicted octanol–water partition coefficient (Wildman–Crippen LogP) is 2.59. The summed E-state index contributed by atoms with van der Waals surface area (Å²) < 4.78 is 33.9. The minimum Gasteiger partial charge on any atom is -0.467 e. The van der Waals surface area contributed by atoms with Crippen LogP contribution in [0.2, 0.25) is 0 Å². The van der Waals surface area contributed by atoms with Gasteiger partial charge >= 0.3 is 0 Å². The average molecular weight is 448 g/mol. The zero-order valence-electron chi connectivity index (χ0n) is 18.1. The molecule has 2 heterocycles. The fraction of sp³-hybridized carbons (Fsp3) is 0.455. The summed E-state index contributed by atoms with van der Waals surface area (Å²) in [5.41, 5.74) is 1.56. The molecule has 168 valence electrons. The van der Waals surface area contributed by atoms with Gasteiger partial charge in [-0.3, -0.25) is 9.59 Å². The number of sulfonamides is 1. The smallest absolute Gasteiger partial charge is 0.241 e. The molecule has 1 atom stereocenters. The highest BCUT2D eigenvalue weighted by Gasteiger charge is 2.29. The summed E-state index contributed by atoms with van der Waals surface area (Å²) in [6.07, 6.45) is 2.86. The van der Waals surface area contributed by atoms with Gasteiger partial charge in [0, 0.05) is 18.7 Å². The maximum atomic E-state index is 13.0. The van der Waals surface area contributed by atoms with Crippen LogP contribution >= 0.6 is 0 Å². The standard InChI is InChI=1S/C22H29N3O5S/c1-4-21(26)25-10-9-16-13-18(7-8-20(16)25)31(28,29)24-19(12-15(2)3)22(27)23-14-17-6-5-11-30-17/h5-8,11,13,15,19,24H,4,9-10,12,14H2,1-3H3,(H,23,27). The number of carbonyl (C=O) groups excluding carboxylic acids is 2. The Morgan fingerprint density at radius 2 is 2.00 bits per heavy atom. The minimum atomic E-state index is -3.92. The summed E-state index contributed by atoms with van der Waals surface area (Å²) in [6.45, 7) is 6.38. The fourth-order valence-electron chi connectivity index (χ4n) is 3.64. The van der Waals surface area contributed by atoms with Gasteiger partial charge in [-0.25, -0.2) is 8.42 Å². The van der Waals surface area contributed by atoms with Crippen molar-refractivity contribution >= 4 is 27.5 Å². The molecule has 0 fully saturated rings. The number of hydrogen-bond donors (Lipinski definition) is 2. The van der Waals surface area contributed by atoms with Crippen LogP contribution in [-0.4, -0.2) is 32.8 Å². The molecule has 0 saturated heterocycles. The predicted molar refractivity (Wildman–Crippen MR) is 117 cm³/mol. The minimum absolute atomic E-state index is 0.0118. The van der Waals surface area contributed by atoms with E-state index in [1.807, 2.05) is 13.8 Å². The first-order valence-electron chi connectivity index (χ1n) is 10.5. The third-order valence-corrected chi connectivity index (χ3v) is 6.67. The van der Waals surface area contributed by atoms with Crippen LogP contribution in [0.25, 0.3) is 0 Å². The van der Waals surface area contributed by atoms with Crippen molar-refractivity contribution in [1.82, 2.24) is 10.0 Å². The number of anilines is 1. The summed E-state index contributed by atoms with van der Waals surface area (Å²) in [5.74, 6) is 0.298. The van der Waals surface area contributed by atoms with Gasteiger partial charge in [-0.1, -0.05) is 20.8 Å². The summed E-state index contributed by atoms with van der Waals surface area (Å²) in [7, 11) is -3.92. The Balaban J connectivity index is 1.76. The van der Waals surface area contributed by atoms with Gasteiger partial charge in [-0.2, -0.15) is 4.72 Å². The zero-order chi connectivity index (χ0) is 22.6. The van der Waals surface area contributed by atoms with Gasteiger partial charge in [0.2, 0.25) is 21.8 Å². The summed E-state index contributed by atoms with van der Waals surface area (Å²) in [6, 6.07) is 7.28. The van der Waals surface area contributed by atoms with Crippen molar-refractivity contribution in [2.45, 2.75) is 57.5 Å². The largest absolute Gasteiger partial charge is 0.467 e. The normalized spacial score (nSPS) is 14.5. The fourth-order valence-corrected chi connectivity index (χ4v) is 4.90. The highest BCUT2D eigenvalue weighted by molar-refractivity contribution is 7.89. The Morgan fingerprint density at radius 3 is 2.65 bits per heavy atom. The van der Waals surface area contributed by atoms with Crippen molar-refractivity contribution in [3.63, 3.8) is 0 Å². The molecule has 0 aliphatic carbocycles. The van der Waals surface area contributed by atoms with E-state index in [1.54, 1.807) is 36.1 Å². The van der Waals surface area contributed by atoms with E-state index in [0.29, 0.717) is 31.6 Å². The van der Waals surface area contributed by atoms with E-state index in [0.717, 1.165) is 11.3 Å². The van der Waals surface area contributed by atoms with Crippen LogP contribution in [-0.2, 0) is 32.6 Å². The quantitative estimate of drug-likeness (QED) is 0.614. The number of rotatable bonds is 9. The van der Waals surface area contributed by atoms with Crippen LogP contribution < -0.4 is 14.9 Å². The van der Waals surface area contributed by atoms with E-state index in [-0.39, 0.29) is 23.3 Å². The maximum absolute atomic E-state index is 13.0. The second kappa shape index (κ2) is 9.65. The van der Waals surface area contributed by atoms with Gasteiger partial charge in [0.05, 0.1) is 17.7 Å². The van der Waals surface area contributed by atoms with Gasteiger partial charge in [-0.05, 0) is 54.7 Å². The molecule has 8 nitrogen and oxygen atoms in total. The highest BCUT2D eigenvalue weighted by atomic mass is 32.2. The number of carbonyl (C=O) groups is 2. The lowest BCUT2D eigenvalue weighted by Crippen LogP contribution is -2.47. The molecule has 9 heteroatoms. The van der Waals surface area contributed by atoms with E-state index < -0.39 is 22.0 Å². The Bertz CT molecular complexity index is 1030. The Labute approximate surface area is 183 Å². The topological polar surface area (TPSA) is 109 Å². The second-order valence-corrected chi connectivity index (χ2v) is 9.75. The average Bonchev–Trinajstić information content (AvgIpc) is 3.39. The molecule has 3 rings (SSSR count). The molecule has 0 bridgehead atoms. The molecule has 0 saturated carbocycles. The summed E-state index contributed by atoms with van der Waals surface area (Å²) in [5, 5.41) is 2.73. The molecule has 31 heavy (non-hydrogen) atoms. The summed E-state index contributed by atoms with van der Waals surface area (Å²) in [4.78, 5) is 26.5. The molecule has 0 spiro atoms. The van der Waals surface area contributed by atoms with Crippen molar-refractivity contribution in [1.29, 1.82) is 0 Å². The van der Waals surface area contributed by atoms with Gasteiger partial charge in [0.1, 0.15) is 11.8 Å². The number of benzene rings is 1. The SMILES string of the molecule is CCC(=O)N1CCc2cc(S(=O)(=O)NC(CC(C)C)C(=O)NCc3ccco3)ccc21. The van der Waals surface area contributed by atoms with Crippen molar-refractivity contribution in [3.8, 4) is 0 Å². The van der Waals surface area contributed by atoms with Gasteiger partial charge in [0.15, 0.2) is 0 Å². The molecule has 0 radical (unpaired) electrons. The number of nitrogens with zero attached hydrogens (tertiary/aromatic N) is 1. The Kier molecular flexibility index (Phi) is 7.17. The lowest BCUT2D eigenvalue weighted by molar-refractivity contribution is -0.123. The number of nitrogens with one attached hydrogen (secondary N) is 2. The van der Waals surface area contributed by atoms with Crippen LogP contribution in [0.1, 0.15) is 44.9 Å². The van der Waals surface area contributed by atoms with Crippen molar-refractivity contribution < 1.29 is 22.4 Å². The van der Waals surface area contributed by atoms with Crippen LogP contribution in [0.5, 0.6) is 0 Å². The monoisotopic (exact) mass is 447 g/mol. The van der Waals surface area contributed by atoms with Gasteiger partial charge in [-0.15, -0.1) is 0 Å². The molecule has 2 aromatic rings. The maximum Gasteiger partial charge on any atom is 0.241 e.